The van der Waals surface area contributed by atoms with Crippen molar-refractivity contribution >= 4 is 17.7 Å². The van der Waals surface area contributed by atoms with Crippen LogP contribution in [0.1, 0.15) is 87.5 Å². The summed E-state index contributed by atoms with van der Waals surface area (Å²) in [6.45, 7) is 10.1. The van der Waals surface area contributed by atoms with Crippen molar-refractivity contribution in [2.24, 2.45) is 5.92 Å². The topological polar surface area (TPSA) is 96.5 Å². The monoisotopic (exact) mass is 417 g/mol. The quantitative estimate of drug-likeness (QED) is 0.335. The Balaban J connectivity index is -0.00000338. The predicted octanol–water partition coefficient (Wildman–Crippen LogP) is 3.42. The van der Waals surface area contributed by atoms with Gasteiger partial charge in [-0.1, -0.05) is 42.5 Å². The third-order valence-corrected chi connectivity index (χ3v) is 4.15. The average molecular weight is 418 g/mol. The fourth-order valence-corrected chi connectivity index (χ4v) is 2.46. The van der Waals surface area contributed by atoms with Crippen molar-refractivity contribution in [3.8, 4) is 0 Å². The summed E-state index contributed by atoms with van der Waals surface area (Å²) in [6.07, 6.45) is 5.04. The molecule has 0 aromatic heterocycles. The molecule has 0 rings (SSSR count). The van der Waals surface area contributed by atoms with Crippen molar-refractivity contribution in [2.45, 2.75) is 93.5 Å². The molecule has 0 heterocycles. The number of hydrogen-bond acceptors (Lipinski definition) is 4. The second-order valence-electron chi connectivity index (χ2n) is 7.11. The molecule has 0 aromatic carbocycles. The lowest BCUT2D eigenvalue weighted by Gasteiger charge is -2.18. The summed E-state index contributed by atoms with van der Waals surface area (Å²) >= 11 is 0. The van der Waals surface area contributed by atoms with E-state index in [4.69, 9.17) is 4.74 Å². The smallest absolute Gasteiger partial charge is 0.242 e. The van der Waals surface area contributed by atoms with Crippen LogP contribution in [0.5, 0.6) is 0 Å². The van der Waals surface area contributed by atoms with Crippen molar-refractivity contribution in [3.05, 3.63) is 0 Å². The van der Waals surface area contributed by atoms with Crippen LogP contribution in [0.2, 0.25) is 0 Å². The number of carbonyl (C=O) groups excluding carboxylic acids is 3. The summed E-state index contributed by atoms with van der Waals surface area (Å²) in [5, 5.41) is 8.41. The molecule has 0 bridgehead atoms. The Bertz CT molecular complexity index is 428. The van der Waals surface area contributed by atoms with Crippen LogP contribution >= 0.6 is 0 Å². The van der Waals surface area contributed by atoms with E-state index in [0.717, 1.165) is 25.7 Å². The fourth-order valence-electron chi connectivity index (χ4n) is 2.46. The highest BCUT2D eigenvalue weighted by atomic mass is 16.5. The van der Waals surface area contributed by atoms with Crippen LogP contribution in [0, 0.1) is 5.92 Å². The van der Waals surface area contributed by atoms with Crippen LogP contribution < -0.4 is 16.0 Å². The number of nitrogens with one attached hydrogen (secondary N) is 3. The Morgan fingerprint density at radius 3 is 2.03 bits per heavy atom. The van der Waals surface area contributed by atoms with Gasteiger partial charge < -0.3 is 20.7 Å². The molecule has 0 saturated heterocycles. The molecule has 0 spiro atoms. The lowest BCUT2D eigenvalue weighted by atomic mass is 10.1. The minimum absolute atomic E-state index is 0. The average Bonchev–Trinajstić information content (AvgIpc) is 2.64. The van der Waals surface area contributed by atoms with Crippen LogP contribution in [0.3, 0.4) is 0 Å². The first-order valence-corrected chi connectivity index (χ1v) is 10.3. The molecule has 0 aromatic rings. The van der Waals surface area contributed by atoms with E-state index in [1.165, 1.54) is 0 Å². The highest BCUT2D eigenvalue weighted by molar-refractivity contribution is 5.87. The van der Waals surface area contributed by atoms with Gasteiger partial charge in [-0.2, -0.15) is 0 Å². The van der Waals surface area contributed by atoms with E-state index in [2.05, 4.69) is 29.8 Å². The molecule has 0 radical (unpaired) electrons. The summed E-state index contributed by atoms with van der Waals surface area (Å²) in [4.78, 5) is 35.2. The van der Waals surface area contributed by atoms with Crippen molar-refractivity contribution < 1.29 is 19.1 Å². The summed E-state index contributed by atoms with van der Waals surface area (Å²) in [6, 6.07) is -0.541. The second-order valence-corrected chi connectivity index (χ2v) is 7.11. The summed E-state index contributed by atoms with van der Waals surface area (Å²) in [7, 11) is 0. The van der Waals surface area contributed by atoms with E-state index in [9.17, 15) is 14.4 Å². The number of ether oxygens (including phenoxy) is 1. The van der Waals surface area contributed by atoms with Crippen LogP contribution in [-0.4, -0.2) is 50.1 Å². The Kier molecular flexibility index (Phi) is 23.3. The minimum Gasteiger partial charge on any atom is -0.380 e. The van der Waals surface area contributed by atoms with Gasteiger partial charge in [0.05, 0.1) is 6.61 Å². The van der Waals surface area contributed by atoms with Gasteiger partial charge >= 0.3 is 0 Å². The lowest BCUT2D eigenvalue weighted by Crippen LogP contribution is -2.47. The van der Waals surface area contributed by atoms with E-state index in [1.54, 1.807) is 6.92 Å². The van der Waals surface area contributed by atoms with Gasteiger partial charge in [0.1, 0.15) is 6.04 Å². The van der Waals surface area contributed by atoms with Crippen LogP contribution in [-0.2, 0) is 19.1 Å². The highest BCUT2D eigenvalue weighted by Gasteiger charge is 2.19. The first-order chi connectivity index (χ1) is 12.9. The van der Waals surface area contributed by atoms with Gasteiger partial charge in [0.2, 0.25) is 17.7 Å². The highest BCUT2D eigenvalue weighted by Crippen LogP contribution is 2.03. The fraction of sp³-hybridized carbons (Fsp3) is 0.864. The predicted molar refractivity (Wildman–Crippen MR) is 121 cm³/mol. The van der Waals surface area contributed by atoms with Gasteiger partial charge in [-0.15, -0.1) is 0 Å². The molecule has 7 heteroatoms. The summed E-state index contributed by atoms with van der Waals surface area (Å²) < 4.78 is 5.52. The largest absolute Gasteiger partial charge is 0.380 e. The Morgan fingerprint density at radius 2 is 1.45 bits per heavy atom. The van der Waals surface area contributed by atoms with Crippen LogP contribution in [0.15, 0.2) is 0 Å². The number of carbonyl (C=O) groups is 3. The molecular weight excluding hydrogens is 370 g/mol. The third-order valence-electron chi connectivity index (χ3n) is 4.15. The zero-order chi connectivity index (χ0) is 20.5. The van der Waals surface area contributed by atoms with E-state index in [-0.39, 0.29) is 32.6 Å². The molecule has 0 aliphatic rings. The van der Waals surface area contributed by atoms with Gasteiger partial charge in [-0.3, -0.25) is 14.4 Å². The Labute approximate surface area is 179 Å². The van der Waals surface area contributed by atoms with Gasteiger partial charge in [0.15, 0.2) is 0 Å². The molecule has 7 nitrogen and oxygen atoms in total. The first kappa shape index (κ1) is 32.0. The molecule has 0 aliphatic carbocycles. The molecule has 0 fully saturated rings. The van der Waals surface area contributed by atoms with E-state index in [0.29, 0.717) is 51.5 Å². The second kappa shape index (κ2) is 21.1. The third kappa shape index (κ3) is 19.5. The molecule has 29 heavy (non-hydrogen) atoms. The first-order valence-electron chi connectivity index (χ1n) is 10.3. The lowest BCUT2D eigenvalue weighted by molar-refractivity contribution is -0.129. The zero-order valence-electron chi connectivity index (χ0n) is 17.6. The molecule has 0 saturated carbocycles. The SMILES string of the molecule is C.C.CCC(=O)NCCCCC(NC(=O)CC)C(=O)NCCOCCCC(C)C. The molecule has 1 unspecified atom stereocenters. The normalized spacial score (nSPS) is 11.1. The van der Waals surface area contributed by atoms with Crippen molar-refractivity contribution in [2.75, 3.05) is 26.3 Å². The molecule has 174 valence electrons. The maximum absolute atomic E-state index is 12.3. The summed E-state index contributed by atoms with van der Waals surface area (Å²) in [5.74, 6) is 0.378. The van der Waals surface area contributed by atoms with Crippen molar-refractivity contribution in [3.63, 3.8) is 0 Å². The molecule has 3 N–H and O–H groups in total. The number of rotatable bonds is 16. The molecular formula is C22H47N3O4. The van der Waals surface area contributed by atoms with Gasteiger partial charge in [-0.25, -0.2) is 0 Å². The van der Waals surface area contributed by atoms with E-state index >= 15 is 0 Å². The molecule has 0 aliphatic heterocycles. The van der Waals surface area contributed by atoms with Crippen LogP contribution in [0.25, 0.3) is 0 Å². The number of unbranched alkanes of at least 4 members (excludes halogenated alkanes) is 1. The molecule has 3 amide bonds. The van der Waals surface area contributed by atoms with Crippen LogP contribution in [0.4, 0.5) is 0 Å². The van der Waals surface area contributed by atoms with E-state index < -0.39 is 6.04 Å². The Morgan fingerprint density at radius 1 is 0.793 bits per heavy atom. The number of hydrogen-bond donors (Lipinski definition) is 3. The van der Waals surface area contributed by atoms with Gasteiger partial charge in [-0.05, 0) is 38.0 Å². The maximum atomic E-state index is 12.3. The van der Waals surface area contributed by atoms with Gasteiger partial charge in [0.25, 0.3) is 0 Å². The maximum Gasteiger partial charge on any atom is 0.242 e. The minimum atomic E-state index is -0.541. The van der Waals surface area contributed by atoms with Gasteiger partial charge in [0, 0.05) is 32.5 Å². The number of amides is 3. The zero-order valence-corrected chi connectivity index (χ0v) is 17.6. The molecule has 1 atom stereocenters. The van der Waals surface area contributed by atoms with Crippen molar-refractivity contribution in [1.29, 1.82) is 0 Å². The van der Waals surface area contributed by atoms with E-state index in [1.807, 2.05) is 6.92 Å². The van der Waals surface area contributed by atoms with Crippen molar-refractivity contribution in [1.82, 2.24) is 16.0 Å². The standard InChI is InChI=1S/C20H39N3O4.2CH4/c1-5-18(24)21-12-8-7-11-17(23-19(25)6-2)20(26)22-13-15-27-14-9-10-16(3)4;;/h16-17H,5-15H2,1-4H3,(H,21,24)(H,22,26)(H,23,25);2*1H4. The Hall–Kier alpha value is -1.63. The summed E-state index contributed by atoms with van der Waals surface area (Å²) in [5.41, 5.74) is 0.